The van der Waals surface area contributed by atoms with E-state index in [4.69, 9.17) is 0 Å². The number of ketones is 1. The van der Waals surface area contributed by atoms with Gasteiger partial charge in [-0.05, 0) is 24.5 Å². The third kappa shape index (κ3) is 3.06. The molecular weight excluding hydrogens is 306 g/mol. The maximum absolute atomic E-state index is 12.4. The van der Waals surface area contributed by atoms with E-state index in [1.54, 1.807) is 41.7 Å². The molecule has 0 atom stereocenters. The van der Waals surface area contributed by atoms with Crippen LogP contribution in [0.4, 0.5) is 5.69 Å². The number of carbonyl (C=O) groups is 1. The fraction of sp³-hybridized carbons (Fsp3) is 0.267. The molecule has 1 aromatic carbocycles. The van der Waals surface area contributed by atoms with Crippen molar-refractivity contribution >= 4 is 41.1 Å². The Morgan fingerprint density at radius 1 is 1.19 bits per heavy atom. The number of carbonyl (C=O) groups excluding carboxylic acids is 1. The smallest absolute Gasteiger partial charge is 0.270 e. The maximum Gasteiger partial charge on any atom is 0.270 e. The Morgan fingerprint density at radius 3 is 2.67 bits per heavy atom. The first kappa shape index (κ1) is 14.4. The molecule has 0 unspecified atom stereocenters. The molecule has 3 rings (SSSR count). The van der Waals surface area contributed by atoms with Gasteiger partial charge in [-0.1, -0.05) is 12.1 Å². The van der Waals surface area contributed by atoms with Gasteiger partial charge < -0.3 is 0 Å². The molecule has 1 aromatic rings. The van der Waals surface area contributed by atoms with Crippen LogP contribution < -0.4 is 0 Å². The summed E-state index contributed by atoms with van der Waals surface area (Å²) in [6, 6.07) is 6.39. The van der Waals surface area contributed by atoms with Gasteiger partial charge in [0.2, 0.25) is 0 Å². The molecule has 0 amide bonds. The number of allylic oxidation sites excluding steroid dienone is 2. The average Bonchev–Trinajstić information content (AvgIpc) is 3.10. The summed E-state index contributed by atoms with van der Waals surface area (Å²) < 4.78 is 1.17. The van der Waals surface area contributed by atoms with Crippen molar-refractivity contribution in [1.82, 2.24) is 0 Å². The molecule has 0 aromatic heterocycles. The Balaban J connectivity index is 1.88. The van der Waals surface area contributed by atoms with E-state index in [9.17, 15) is 14.9 Å². The Kier molecular flexibility index (Phi) is 4.17. The summed E-state index contributed by atoms with van der Waals surface area (Å²) in [7, 11) is 0. The lowest BCUT2D eigenvalue weighted by molar-refractivity contribution is -0.384. The molecule has 0 N–H and O–H groups in total. The van der Waals surface area contributed by atoms with E-state index < -0.39 is 4.92 Å². The second-order valence-electron chi connectivity index (χ2n) is 4.81. The van der Waals surface area contributed by atoms with Crippen molar-refractivity contribution in [2.24, 2.45) is 0 Å². The molecule has 21 heavy (non-hydrogen) atoms. The van der Waals surface area contributed by atoms with Crippen molar-refractivity contribution in [1.29, 1.82) is 0 Å². The van der Waals surface area contributed by atoms with Gasteiger partial charge in [0.05, 0.1) is 4.92 Å². The summed E-state index contributed by atoms with van der Waals surface area (Å²) >= 11 is 3.53. The fourth-order valence-electron chi connectivity index (χ4n) is 2.43. The highest BCUT2D eigenvalue weighted by molar-refractivity contribution is 8.25. The van der Waals surface area contributed by atoms with Gasteiger partial charge in [-0.3, -0.25) is 14.9 Å². The number of non-ortho nitro benzene ring substituents is 1. The van der Waals surface area contributed by atoms with Gasteiger partial charge in [0.1, 0.15) is 0 Å². The first-order valence-electron chi connectivity index (χ1n) is 6.63. The molecule has 0 radical (unpaired) electrons. The van der Waals surface area contributed by atoms with Crippen molar-refractivity contribution in [2.45, 2.75) is 12.8 Å². The number of nitro groups is 1. The Bertz CT molecular complexity index is 671. The van der Waals surface area contributed by atoms with Crippen molar-refractivity contribution < 1.29 is 9.72 Å². The van der Waals surface area contributed by atoms with Crippen LogP contribution in [-0.2, 0) is 4.79 Å². The molecule has 0 spiro atoms. The predicted molar refractivity (Wildman–Crippen MR) is 87.3 cm³/mol. The standard InChI is InChI=1S/C15H13NO3S2/c17-14-11(4-5-13(14)15-20-6-7-21-15)8-10-2-1-3-12(9-10)16(18)19/h1-3,8-9H,4-7H2. The number of nitro benzene ring substituents is 1. The van der Waals surface area contributed by atoms with Gasteiger partial charge in [0.15, 0.2) is 5.78 Å². The second kappa shape index (κ2) is 6.07. The van der Waals surface area contributed by atoms with Crippen LogP contribution in [-0.4, -0.2) is 22.2 Å². The SMILES string of the molecule is O=C1C(=Cc2cccc([N+](=O)[O-])c2)CCC1=C1SCCS1. The number of hydrogen-bond acceptors (Lipinski definition) is 5. The lowest BCUT2D eigenvalue weighted by Gasteiger charge is -2.00. The van der Waals surface area contributed by atoms with Crippen molar-refractivity contribution in [3.8, 4) is 0 Å². The lowest BCUT2D eigenvalue weighted by atomic mass is 10.1. The van der Waals surface area contributed by atoms with Crippen LogP contribution in [0.1, 0.15) is 18.4 Å². The van der Waals surface area contributed by atoms with Crippen LogP contribution in [0.3, 0.4) is 0 Å². The zero-order valence-electron chi connectivity index (χ0n) is 11.2. The van der Waals surface area contributed by atoms with E-state index in [1.165, 1.54) is 16.4 Å². The number of hydrogen-bond donors (Lipinski definition) is 0. The summed E-state index contributed by atoms with van der Waals surface area (Å²) in [6.07, 6.45) is 3.30. The number of benzene rings is 1. The minimum absolute atomic E-state index is 0.0512. The summed E-state index contributed by atoms with van der Waals surface area (Å²) in [4.78, 5) is 22.8. The van der Waals surface area contributed by atoms with E-state index in [1.807, 2.05) is 0 Å². The monoisotopic (exact) mass is 319 g/mol. The van der Waals surface area contributed by atoms with Crippen molar-refractivity contribution in [3.63, 3.8) is 0 Å². The van der Waals surface area contributed by atoms with Crippen LogP contribution >= 0.6 is 23.5 Å². The van der Waals surface area contributed by atoms with Crippen LogP contribution in [0.5, 0.6) is 0 Å². The summed E-state index contributed by atoms with van der Waals surface area (Å²) in [5.74, 6) is 2.25. The predicted octanol–water partition coefficient (Wildman–Crippen LogP) is 4.03. The van der Waals surface area contributed by atoms with Gasteiger partial charge in [-0.2, -0.15) is 0 Å². The van der Waals surface area contributed by atoms with E-state index in [0.29, 0.717) is 5.56 Å². The fourth-order valence-corrected chi connectivity index (χ4v) is 5.04. The molecule has 2 fully saturated rings. The highest BCUT2D eigenvalue weighted by atomic mass is 32.2. The van der Waals surface area contributed by atoms with Gasteiger partial charge in [0.25, 0.3) is 5.69 Å². The van der Waals surface area contributed by atoms with Crippen LogP contribution in [0.2, 0.25) is 0 Å². The number of nitrogens with zero attached hydrogens (tertiary/aromatic N) is 1. The molecular formula is C15H13NO3S2. The molecule has 1 saturated heterocycles. The third-order valence-corrected chi connectivity index (χ3v) is 6.23. The molecule has 108 valence electrons. The highest BCUT2D eigenvalue weighted by Crippen LogP contribution is 2.43. The molecule has 1 heterocycles. The zero-order valence-corrected chi connectivity index (χ0v) is 12.8. The number of rotatable bonds is 2. The maximum atomic E-state index is 12.4. The molecule has 1 aliphatic carbocycles. The van der Waals surface area contributed by atoms with Crippen molar-refractivity contribution in [3.05, 3.63) is 55.3 Å². The van der Waals surface area contributed by atoms with Crippen molar-refractivity contribution in [2.75, 3.05) is 11.5 Å². The largest absolute Gasteiger partial charge is 0.289 e. The van der Waals surface area contributed by atoms with Crippen LogP contribution in [0.15, 0.2) is 39.6 Å². The Hall–Kier alpha value is -1.53. The summed E-state index contributed by atoms with van der Waals surface area (Å²) in [6.45, 7) is 0. The molecule has 0 bridgehead atoms. The van der Waals surface area contributed by atoms with E-state index >= 15 is 0 Å². The quantitative estimate of drug-likeness (QED) is 0.468. The molecule has 4 nitrogen and oxygen atoms in total. The lowest BCUT2D eigenvalue weighted by Crippen LogP contribution is -1.97. The van der Waals surface area contributed by atoms with Gasteiger partial charge in [-0.25, -0.2) is 0 Å². The first-order valence-corrected chi connectivity index (χ1v) is 8.61. The molecule has 1 aliphatic heterocycles. The van der Waals surface area contributed by atoms with Crippen LogP contribution in [0, 0.1) is 10.1 Å². The van der Waals surface area contributed by atoms with Gasteiger partial charge >= 0.3 is 0 Å². The second-order valence-corrected chi connectivity index (χ2v) is 7.28. The average molecular weight is 319 g/mol. The van der Waals surface area contributed by atoms with Gasteiger partial charge in [-0.15, -0.1) is 23.5 Å². The topological polar surface area (TPSA) is 60.2 Å². The molecule has 6 heteroatoms. The normalized spacial score (nSPS) is 20.6. The Labute approximate surface area is 130 Å². The minimum atomic E-state index is -0.419. The van der Waals surface area contributed by atoms with E-state index in [-0.39, 0.29) is 11.5 Å². The first-order chi connectivity index (χ1) is 10.1. The number of Topliss-reactive ketones (excluding diaryl/α,β-unsaturated/α-hetero) is 1. The summed E-state index contributed by atoms with van der Waals surface area (Å²) in [5.41, 5.74) is 2.45. The number of thioether (sulfide) groups is 2. The van der Waals surface area contributed by atoms with E-state index in [0.717, 1.165) is 35.5 Å². The van der Waals surface area contributed by atoms with E-state index in [2.05, 4.69) is 0 Å². The minimum Gasteiger partial charge on any atom is -0.289 e. The third-order valence-electron chi connectivity index (χ3n) is 3.43. The molecule has 2 aliphatic rings. The zero-order chi connectivity index (χ0) is 14.8. The summed E-state index contributed by atoms with van der Waals surface area (Å²) in [5, 5.41) is 10.8. The van der Waals surface area contributed by atoms with Gasteiger partial charge in [0, 0.05) is 39.0 Å². The molecule has 1 saturated carbocycles. The Morgan fingerprint density at radius 2 is 1.95 bits per heavy atom. The highest BCUT2D eigenvalue weighted by Gasteiger charge is 2.28. The van der Waals surface area contributed by atoms with Crippen LogP contribution in [0.25, 0.3) is 6.08 Å².